The van der Waals surface area contributed by atoms with Crippen molar-refractivity contribution < 1.29 is 4.74 Å². The second-order valence-corrected chi connectivity index (χ2v) is 9.13. The van der Waals surface area contributed by atoms with Crippen LogP contribution in [0.2, 0.25) is 0 Å². The van der Waals surface area contributed by atoms with Gasteiger partial charge >= 0.3 is 0 Å². The van der Waals surface area contributed by atoms with Gasteiger partial charge in [-0.2, -0.15) is 5.10 Å². The number of unbranched alkanes of at least 4 members (excludes halogenated alkanes) is 1. The Hall–Kier alpha value is -2.96. The number of allylic oxidation sites excluding steroid dienone is 2. The highest BCUT2D eigenvalue weighted by Crippen LogP contribution is 2.29. The molecule has 6 nitrogen and oxygen atoms in total. The molecule has 1 aliphatic heterocycles. The van der Waals surface area contributed by atoms with Gasteiger partial charge < -0.3 is 10.1 Å². The zero-order chi connectivity index (χ0) is 22.5. The number of hydrogen-bond acceptors (Lipinski definition) is 5. The molecule has 1 fully saturated rings. The summed E-state index contributed by atoms with van der Waals surface area (Å²) in [6.45, 7) is 1.75. The van der Waals surface area contributed by atoms with Crippen LogP contribution in [0, 0.1) is 0 Å². The number of anilines is 1. The van der Waals surface area contributed by atoms with Crippen molar-refractivity contribution in [3.05, 3.63) is 84.0 Å². The Bertz CT molecular complexity index is 1070. The van der Waals surface area contributed by atoms with E-state index in [9.17, 15) is 0 Å². The number of fused-ring (bicyclic) bond motifs is 1. The van der Waals surface area contributed by atoms with Crippen molar-refractivity contribution in [3.8, 4) is 5.69 Å². The largest absolute Gasteiger partial charge is 0.378 e. The first-order valence-corrected chi connectivity index (χ1v) is 12.1. The molecule has 0 spiro atoms. The van der Waals surface area contributed by atoms with E-state index < -0.39 is 0 Å². The van der Waals surface area contributed by atoms with Gasteiger partial charge in [0.1, 0.15) is 5.82 Å². The summed E-state index contributed by atoms with van der Waals surface area (Å²) >= 11 is 0. The molecule has 1 saturated carbocycles. The standard InChI is InChI=1S/C27H33N5O/c1-31(20-24-14-16-29-32(24)23-10-3-2-4-11-23)25-18-26(19-25)33-17-6-5-9-22-13-12-21-8-7-15-28-27(21)30-22/h2-4,7-8,10-11,13-16,25-26H,5-6,9,12,17-20H2,1H3,(H,28,30). The number of para-hydroxylation sites is 1. The summed E-state index contributed by atoms with van der Waals surface area (Å²) < 4.78 is 8.17. The van der Waals surface area contributed by atoms with Crippen molar-refractivity contribution in [3.63, 3.8) is 0 Å². The van der Waals surface area contributed by atoms with Crippen molar-refractivity contribution in [2.45, 2.75) is 57.2 Å². The highest BCUT2D eigenvalue weighted by Gasteiger charge is 2.33. The number of nitrogens with one attached hydrogen (secondary N) is 1. The normalized spacial score (nSPS) is 19.5. The highest BCUT2D eigenvalue weighted by atomic mass is 16.5. The lowest BCUT2D eigenvalue weighted by Crippen LogP contribution is -2.46. The minimum absolute atomic E-state index is 0.402. The van der Waals surface area contributed by atoms with E-state index in [0.717, 1.165) is 63.2 Å². The molecule has 1 N–H and O–H groups in total. The molecule has 3 aromatic rings. The van der Waals surface area contributed by atoms with Crippen LogP contribution >= 0.6 is 0 Å². The Balaban J connectivity index is 0.982. The van der Waals surface area contributed by atoms with Crippen LogP contribution < -0.4 is 5.32 Å². The molecular weight excluding hydrogens is 410 g/mol. The predicted molar refractivity (Wildman–Crippen MR) is 131 cm³/mol. The predicted octanol–water partition coefficient (Wildman–Crippen LogP) is 4.97. The molecule has 6 heteroatoms. The first-order valence-electron chi connectivity index (χ1n) is 12.1. The average molecular weight is 444 g/mol. The monoisotopic (exact) mass is 443 g/mol. The lowest BCUT2D eigenvalue weighted by Gasteiger charge is -2.41. The maximum atomic E-state index is 6.14. The summed E-state index contributed by atoms with van der Waals surface area (Å²) in [5.74, 6) is 1.02. The van der Waals surface area contributed by atoms with E-state index >= 15 is 0 Å². The van der Waals surface area contributed by atoms with Crippen LogP contribution in [-0.2, 0) is 17.7 Å². The minimum Gasteiger partial charge on any atom is -0.378 e. The molecule has 0 unspecified atom stereocenters. The Kier molecular flexibility index (Phi) is 6.84. The Morgan fingerprint density at radius 3 is 2.82 bits per heavy atom. The summed E-state index contributed by atoms with van der Waals surface area (Å²) in [4.78, 5) is 6.87. The van der Waals surface area contributed by atoms with Gasteiger partial charge in [-0.15, -0.1) is 0 Å². The van der Waals surface area contributed by atoms with Crippen LogP contribution in [0.5, 0.6) is 0 Å². The van der Waals surface area contributed by atoms with Crippen molar-refractivity contribution in [1.82, 2.24) is 19.7 Å². The smallest absolute Gasteiger partial charge is 0.133 e. The van der Waals surface area contributed by atoms with E-state index in [4.69, 9.17) is 4.74 Å². The van der Waals surface area contributed by atoms with Gasteiger partial charge in [-0.05, 0) is 75.4 Å². The molecule has 172 valence electrons. The van der Waals surface area contributed by atoms with Gasteiger partial charge in [0.25, 0.3) is 0 Å². The fourth-order valence-corrected chi connectivity index (χ4v) is 4.65. The van der Waals surface area contributed by atoms with Crippen LogP contribution in [0.15, 0.2) is 72.7 Å². The van der Waals surface area contributed by atoms with E-state index in [1.807, 2.05) is 29.2 Å². The minimum atomic E-state index is 0.402. The Labute approximate surface area is 196 Å². The number of benzene rings is 1. The third-order valence-corrected chi connectivity index (χ3v) is 6.76. The molecule has 0 radical (unpaired) electrons. The van der Waals surface area contributed by atoms with E-state index in [0.29, 0.717) is 12.1 Å². The first kappa shape index (κ1) is 21.9. The van der Waals surface area contributed by atoms with E-state index in [1.165, 1.54) is 17.0 Å². The maximum absolute atomic E-state index is 6.14. The second kappa shape index (κ2) is 10.3. The Morgan fingerprint density at radius 1 is 1.06 bits per heavy atom. The molecule has 3 heterocycles. The molecule has 0 saturated heterocycles. The number of ether oxygens (including phenoxy) is 1. The van der Waals surface area contributed by atoms with Gasteiger partial charge in [-0.1, -0.05) is 30.3 Å². The molecule has 1 aliphatic carbocycles. The third kappa shape index (κ3) is 5.34. The molecule has 2 aromatic heterocycles. The summed E-state index contributed by atoms with van der Waals surface area (Å²) in [5.41, 5.74) is 4.90. The lowest BCUT2D eigenvalue weighted by atomic mass is 9.88. The van der Waals surface area contributed by atoms with Crippen LogP contribution in [-0.4, -0.2) is 45.5 Å². The van der Waals surface area contributed by atoms with Gasteiger partial charge in [-0.3, -0.25) is 4.90 Å². The molecule has 0 bridgehead atoms. The number of pyridine rings is 1. The lowest BCUT2D eigenvalue weighted by molar-refractivity contribution is -0.0481. The van der Waals surface area contributed by atoms with Crippen LogP contribution in [0.1, 0.15) is 43.4 Å². The molecule has 5 rings (SSSR count). The molecule has 33 heavy (non-hydrogen) atoms. The van der Waals surface area contributed by atoms with Crippen molar-refractivity contribution in [1.29, 1.82) is 0 Å². The molecule has 2 aliphatic rings. The van der Waals surface area contributed by atoms with Gasteiger partial charge in [0.2, 0.25) is 0 Å². The summed E-state index contributed by atoms with van der Waals surface area (Å²) in [6.07, 6.45) is 12.9. The van der Waals surface area contributed by atoms with Crippen molar-refractivity contribution >= 4 is 5.82 Å². The van der Waals surface area contributed by atoms with Crippen LogP contribution in [0.25, 0.3) is 5.69 Å². The molecular formula is C27H33N5O. The van der Waals surface area contributed by atoms with Crippen LogP contribution in [0.4, 0.5) is 5.82 Å². The summed E-state index contributed by atoms with van der Waals surface area (Å²) in [7, 11) is 2.21. The average Bonchev–Trinajstić information content (AvgIpc) is 3.28. The zero-order valence-electron chi connectivity index (χ0n) is 19.4. The van der Waals surface area contributed by atoms with E-state index in [1.54, 1.807) is 0 Å². The quantitative estimate of drug-likeness (QED) is 0.449. The van der Waals surface area contributed by atoms with E-state index in [2.05, 4.69) is 69.8 Å². The maximum Gasteiger partial charge on any atom is 0.133 e. The fraction of sp³-hybridized carbons (Fsp3) is 0.407. The number of rotatable bonds is 10. The summed E-state index contributed by atoms with van der Waals surface area (Å²) in [6, 6.07) is 17.2. The van der Waals surface area contributed by atoms with Crippen molar-refractivity contribution in [2.75, 3.05) is 19.0 Å². The first-order chi connectivity index (χ1) is 16.3. The number of aromatic nitrogens is 3. The SMILES string of the molecule is CN(Cc1ccnn1-c1ccccc1)C1CC(OCCCCC2=CCc3cccnc3N2)C1. The zero-order valence-corrected chi connectivity index (χ0v) is 19.4. The van der Waals surface area contributed by atoms with Crippen LogP contribution in [0.3, 0.4) is 0 Å². The van der Waals surface area contributed by atoms with Gasteiger partial charge in [0, 0.05) is 37.3 Å². The molecule has 0 amide bonds. The van der Waals surface area contributed by atoms with Gasteiger partial charge in [-0.25, -0.2) is 9.67 Å². The highest BCUT2D eigenvalue weighted by molar-refractivity contribution is 5.52. The second-order valence-electron chi connectivity index (χ2n) is 9.13. The number of hydrogen-bond donors (Lipinski definition) is 1. The van der Waals surface area contributed by atoms with Gasteiger partial charge in [0.15, 0.2) is 0 Å². The Morgan fingerprint density at radius 2 is 1.94 bits per heavy atom. The van der Waals surface area contributed by atoms with E-state index in [-0.39, 0.29) is 0 Å². The number of nitrogens with zero attached hydrogens (tertiary/aromatic N) is 4. The molecule has 1 aromatic carbocycles. The topological polar surface area (TPSA) is 55.2 Å². The molecule has 0 atom stereocenters. The summed E-state index contributed by atoms with van der Waals surface area (Å²) in [5, 5.41) is 7.98. The van der Waals surface area contributed by atoms with Crippen molar-refractivity contribution in [2.24, 2.45) is 0 Å². The fourth-order valence-electron chi connectivity index (χ4n) is 4.65. The third-order valence-electron chi connectivity index (χ3n) is 6.76. The van der Waals surface area contributed by atoms with Gasteiger partial charge in [0.05, 0.1) is 17.5 Å².